The summed E-state index contributed by atoms with van der Waals surface area (Å²) in [6.45, 7) is 1.77. The lowest BCUT2D eigenvalue weighted by atomic mass is 10.1. The van der Waals surface area contributed by atoms with Crippen LogP contribution >= 0.6 is 0 Å². The molecule has 28 heavy (non-hydrogen) atoms. The molecule has 2 saturated heterocycles. The second kappa shape index (κ2) is 7.30. The minimum atomic E-state index is -0.995. The van der Waals surface area contributed by atoms with E-state index in [2.05, 4.69) is 10.2 Å². The topological polar surface area (TPSA) is 82.9 Å². The Balaban J connectivity index is 1.64. The van der Waals surface area contributed by atoms with Crippen LogP contribution in [0.5, 0.6) is 0 Å². The second-order valence-corrected chi connectivity index (χ2v) is 6.63. The summed E-state index contributed by atoms with van der Waals surface area (Å²) in [5.74, 6) is -1.53. The van der Waals surface area contributed by atoms with Gasteiger partial charge in [0, 0.05) is 19.2 Å². The molecular weight excluding hydrogens is 365 g/mol. The van der Waals surface area contributed by atoms with Crippen molar-refractivity contribution in [1.29, 1.82) is 0 Å². The van der Waals surface area contributed by atoms with Gasteiger partial charge in [0.05, 0.1) is 5.69 Å². The summed E-state index contributed by atoms with van der Waals surface area (Å²) in [4.78, 5) is 39.8. The molecule has 2 aliphatic heterocycles. The number of imide groups is 2. The van der Waals surface area contributed by atoms with Crippen LogP contribution in [0.2, 0.25) is 0 Å². The smallest absolute Gasteiger partial charge is 0.336 e. The van der Waals surface area contributed by atoms with E-state index >= 15 is 0 Å². The monoisotopic (exact) mass is 383 g/mol. The SMILES string of the molecule is O=C1NC(=O)N(c2ccccc2F)C(=O)/C1=C/c1ccc(N2CCCCC2)o1. The van der Waals surface area contributed by atoms with Gasteiger partial charge in [0.2, 0.25) is 0 Å². The Bertz CT molecular complexity index is 975. The van der Waals surface area contributed by atoms with Gasteiger partial charge < -0.3 is 9.32 Å². The van der Waals surface area contributed by atoms with Gasteiger partial charge in [-0.2, -0.15) is 0 Å². The second-order valence-electron chi connectivity index (χ2n) is 6.63. The number of furan rings is 1. The Morgan fingerprint density at radius 1 is 1.00 bits per heavy atom. The third-order valence-electron chi connectivity index (χ3n) is 4.76. The van der Waals surface area contributed by atoms with E-state index in [0.717, 1.165) is 32.0 Å². The minimum Gasteiger partial charge on any atom is -0.441 e. The van der Waals surface area contributed by atoms with Crippen LogP contribution in [0.1, 0.15) is 25.0 Å². The van der Waals surface area contributed by atoms with Gasteiger partial charge in [-0.1, -0.05) is 12.1 Å². The zero-order valence-electron chi connectivity index (χ0n) is 15.0. The number of hydrogen-bond acceptors (Lipinski definition) is 5. The molecule has 0 unspecified atom stereocenters. The van der Waals surface area contributed by atoms with Crippen LogP contribution in [0.15, 0.2) is 46.4 Å². The van der Waals surface area contributed by atoms with E-state index in [1.807, 2.05) is 0 Å². The number of nitrogens with zero attached hydrogens (tertiary/aromatic N) is 2. The molecule has 7 nitrogen and oxygen atoms in total. The summed E-state index contributed by atoms with van der Waals surface area (Å²) in [6, 6.07) is 7.80. The van der Waals surface area contributed by atoms with E-state index in [0.29, 0.717) is 16.5 Å². The number of rotatable bonds is 3. The third-order valence-corrected chi connectivity index (χ3v) is 4.76. The predicted molar refractivity (Wildman–Crippen MR) is 100 cm³/mol. The molecule has 0 saturated carbocycles. The van der Waals surface area contributed by atoms with Crippen molar-refractivity contribution in [2.75, 3.05) is 22.9 Å². The molecule has 4 amide bonds. The maximum atomic E-state index is 14.1. The normalized spacial score (nSPS) is 19.3. The van der Waals surface area contributed by atoms with Crippen LogP contribution in [0.4, 0.5) is 20.8 Å². The van der Waals surface area contributed by atoms with Crippen LogP contribution in [0, 0.1) is 5.82 Å². The number of anilines is 2. The molecule has 2 aromatic rings. The minimum absolute atomic E-state index is 0.225. The van der Waals surface area contributed by atoms with E-state index in [9.17, 15) is 18.8 Å². The average Bonchev–Trinajstić information content (AvgIpc) is 3.16. The van der Waals surface area contributed by atoms with Crippen LogP contribution in [0.3, 0.4) is 0 Å². The molecule has 4 rings (SSSR count). The number of barbiturate groups is 1. The highest BCUT2D eigenvalue weighted by atomic mass is 19.1. The number of urea groups is 1. The highest BCUT2D eigenvalue weighted by Gasteiger charge is 2.38. The van der Waals surface area contributed by atoms with Crippen LogP contribution in [-0.2, 0) is 9.59 Å². The molecule has 0 bridgehead atoms. The largest absolute Gasteiger partial charge is 0.441 e. The maximum Gasteiger partial charge on any atom is 0.336 e. The van der Waals surface area contributed by atoms with Gasteiger partial charge in [-0.25, -0.2) is 14.1 Å². The van der Waals surface area contributed by atoms with Gasteiger partial charge in [0.15, 0.2) is 5.88 Å². The van der Waals surface area contributed by atoms with E-state index in [1.165, 1.54) is 30.7 Å². The Labute approximate surface area is 160 Å². The fraction of sp³-hybridized carbons (Fsp3) is 0.250. The van der Waals surface area contributed by atoms with Crippen molar-refractivity contribution in [3.8, 4) is 0 Å². The Morgan fingerprint density at radius 3 is 2.50 bits per heavy atom. The molecule has 0 spiro atoms. The molecule has 0 radical (unpaired) electrons. The van der Waals surface area contributed by atoms with Crippen LogP contribution in [0.25, 0.3) is 6.08 Å². The molecule has 1 N–H and O–H groups in total. The first-order chi connectivity index (χ1) is 13.5. The van der Waals surface area contributed by atoms with E-state index in [4.69, 9.17) is 4.42 Å². The lowest BCUT2D eigenvalue weighted by Crippen LogP contribution is -2.54. The first-order valence-electron chi connectivity index (χ1n) is 9.05. The number of para-hydroxylation sites is 1. The number of nitrogens with one attached hydrogen (secondary N) is 1. The number of piperidine rings is 1. The zero-order valence-corrected chi connectivity index (χ0v) is 15.0. The number of hydrogen-bond donors (Lipinski definition) is 1. The van der Waals surface area contributed by atoms with Crippen molar-refractivity contribution in [1.82, 2.24) is 5.32 Å². The van der Waals surface area contributed by atoms with Gasteiger partial charge >= 0.3 is 6.03 Å². The Hall–Kier alpha value is -3.42. The molecule has 3 heterocycles. The first-order valence-corrected chi connectivity index (χ1v) is 9.05. The summed E-state index contributed by atoms with van der Waals surface area (Å²) in [5.41, 5.74) is -0.528. The van der Waals surface area contributed by atoms with Gasteiger partial charge in [-0.3, -0.25) is 14.9 Å². The molecule has 144 valence electrons. The summed E-state index contributed by atoms with van der Waals surface area (Å²) in [5, 5.41) is 2.07. The summed E-state index contributed by atoms with van der Waals surface area (Å²) < 4.78 is 19.8. The lowest BCUT2D eigenvalue weighted by molar-refractivity contribution is -0.122. The Morgan fingerprint density at radius 2 is 1.75 bits per heavy atom. The van der Waals surface area contributed by atoms with Crippen molar-refractivity contribution in [3.63, 3.8) is 0 Å². The van der Waals surface area contributed by atoms with E-state index in [1.54, 1.807) is 12.1 Å². The predicted octanol–water partition coefficient (Wildman–Crippen LogP) is 3.08. The Kier molecular flexibility index (Phi) is 4.68. The van der Waals surface area contributed by atoms with Crippen molar-refractivity contribution in [2.45, 2.75) is 19.3 Å². The summed E-state index contributed by atoms with van der Waals surface area (Å²) >= 11 is 0. The standard InChI is InChI=1S/C20H18FN3O4/c21-15-6-2-3-7-16(15)24-19(26)14(18(25)22-20(24)27)12-13-8-9-17(28-13)23-10-4-1-5-11-23/h2-3,6-9,12H,1,4-5,10-11H2,(H,22,25,27)/b14-12+. The molecule has 0 aliphatic carbocycles. The van der Waals surface area contributed by atoms with Crippen molar-refractivity contribution >= 4 is 35.5 Å². The van der Waals surface area contributed by atoms with Gasteiger partial charge in [-0.15, -0.1) is 0 Å². The highest BCUT2D eigenvalue weighted by Crippen LogP contribution is 2.27. The molecule has 8 heteroatoms. The van der Waals surface area contributed by atoms with Crippen molar-refractivity contribution in [3.05, 3.63) is 53.5 Å². The molecule has 1 aromatic carbocycles. The molecular formula is C20H18FN3O4. The van der Waals surface area contributed by atoms with Gasteiger partial charge in [-0.05, 0) is 43.5 Å². The molecule has 2 aliphatic rings. The molecule has 1 aromatic heterocycles. The summed E-state index contributed by atoms with van der Waals surface area (Å²) in [6.07, 6.45) is 4.61. The number of halogens is 1. The number of carbonyl (C=O) groups is 3. The quantitative estimate of drug-likeness (QED) is 0.651. The molecule has 0 atom stereocenters. The van der Waals surface area contributed by atoms with Crippen LogP contribution in [-0.4, -0.2) is 30.9 Å². The lowest BCUT2D eigenvalue weighted by Gasteiger charge is -2.26. The van der Waals surface area contributed by atoms with Gasteiger partial charge in [0.25, 0.3) is 11.8 Å². The zero-order chi connectivity index (χ0) is 19.7. The van der Waals surface area contributed by atoms with Crippen molar-refractivity contribution in [2.24, 2.45) is 0 Å². The molecule has 2 fully saturated rings. The van der Waals surface area contributed by atoms with Gasteiger partial charge in [0.1, 0.15) is 17.2 Å². The maximum absolute atomic E-state index is 14.1. The fourth-order valence-electron chi connectivity index (χ4n) is 3.36. The fourth-order valence-corrected chi connectivity index (χ4v) is 3.36. The van der Waals surface area contributed by atoms with E-state index in [-0.39, 0.29) is 11.3 Å². The summed E-state index contributed by atoms with van der Waals surface area (Å²) in [7, 11) is 0. The number of benzene rings is 1. The third kappa shape index (κ3) is 3.28. The average molecular weight is 383 g/mol. The van der Waals surface area contributed by atoms with Crippen LogP contribution < -0.4 is 15.1 Å². The number of carbonyl (C=O) groups excluding carboxylic acids is 3. The van der Waals surface area contributed by atoms with E-state index < -0.39 is 23.7 Å². The van der Waals surface area contributed by atoms with Crippen molar-refractivity contribution < 1.29 is 23.2 Å². The number of amides is 4. The first kappa shape index (κ1) is 18.0. The highest BCUT2D eigenvalue weighted by molar-refractivity contribution is 6.39.